The maximum absolute atomic E-state index is 5.52. The monoisotopic (exact) mass is 365 g/mol. The van der Waals surface area contributed by atoms with Gasteiger partial charge in [0.15, 0.2) is 5.96 Å². The van der Waals surface area contributed by atoms with E-state index < -0.39 is 0 Å². The largest absolute Gasteiger partial charge is 0.494 e. The van der Waals surface area contributed by atoms with Crippen molar-refractivity contribution in [1.82, 2.24) is 10.2 Å². The smallest absolute Gasteiger partial charge is 0.193 e. The fourth-order valence-electron chi connectivity index (χ4n) is 3.03. The highest BCUT2D eigenvalue weighted by molar-refractivity contribution is 8.00. The van der Waals surface area contributed by atoms with Crippen molar-refractivity contribution < 1.29 is 9.47 Å². The van der Waals surface area contributed by atoms with Gasteiger partial charge >= 0.3 is 0 Å². The van der Waals surface area contributed by atoms with Crippen LogP contribution in [-0.4, -0.2) is 62.3 Å². The number of guanidine groups is 1. The number of ether oxygens (including phenoxy) is 2. The summed E-state index contributed by atoms with van der Waals surface area (Å²) in [6, 6.07) is 8.26. The normalized spacial score (nSPS) is 17.2. The Kier molecular flexibility index (Phi) is 7.90. The zero-order valence-corrected chi connectivity index (χ0v) is 16.7. The van der Waals surface area contributed by atoms with Crippen LogP contribution in [0.2, 0.25) is 0 Å². The second-order valence-electron chi connectivity index (χ2n) is 6.33. The minimum Gasteiger partial charge on any atom is -0.494 e. The minimum absolute atomic E-state index is 0.244. The van der Waals surface area contributed by atoms with Crippen LogP contribution in [-0.2, 0) is 11.3 Å². The second kappa shape index (κ2) is 9.92. The molecule has 1 N–H and O–H groups in total. The zero-order valence-electron chi connectivity index (χ0n) is 15.9. The van der Waals surface area contributed by atoms with Crippen molar-refractivity contribution in [3.8, 4) is 5.75 Å². The van der Waals surface area contributed by atoms with Gasteiger partial charge < -0.3 is 19.7 Å². The summed E-state index contributed by atoms with van der Waals surface area (Å²) >= 11 is 1.94. The van der Waals surface area contributed by atoms with Crippen LogP contribution in [0.15, 0.2) is 29.3 Å². The van der Waals surface area contributed by atoms with Crippen molar-refractivity contribution in [3.05, 3.63) is 29.8 Å². The van der Waals surface area contributed by atoms with Crippen LogP contribution in [0.1, 0.15) is 25.3 Å². The Bertz CT molecular complexity index is 542. The molecule has 25 heavy (non-hydrogen) atoms. The van der Waals surface area contributed by atoms with E-state index in [0.717, 1.165) is 50.9 Å². The summed E-state index contributed by atoms with van der Waals surface area (Å²) < 4.78 is 11.3. The lowest BCUT2D eigenvalue weighted by Gasteiger charge is -2.37. The molecule has 0 unspecified atom stereocenters. The van der Waals surface area contributed by atoms with Crippen LogP contribution in [0.3, 0.4) is 0 Å². The van der Waals surface area contributed by atoms with Crippen LogP contribution in [0, 0.1) is 0 Å². The molecule has 1 saturated heterocycles. The van der Waals surface area contributed by atoms with Gasteiger partial charge in [0.2, 0.25) is 0 Å². The molecule has 2 rings (SSSR count). The zero-order chi connectivity index (χ0) is 18.1. The molecule has 1 aromatic rings. The Hall–Kier alpha value is -1.40. The van der Waals surface area contributed by atoms with E-state index >= 15 is 0 Å². The quantitative estimate of drug-likeness (QED) is 0.594. The van der Waals surface area contributed by atoms with Crippen LogP contribution in [0.25, 0.3) is 0 Å². The number of benzene rings is 1. The number of thioether (sulfide) groups is 1. The van der Waals surface area contributed by atoms with Crippen LogP contribution >= 0.6 is 11.8 Å². The van der Waals surface area contributed by atoms with E-state index in [0.29, 0.717) is 6.61 Å². The summed E-state index contributed by atoms with van der Waals surface area (Å²) in [5.74, 6) is 1.84. The van der Waals surface area contributed by atoms with E-state index in [-0.39, 0.29) is 4.75 Å². The number of hydrogen-bond acceptors (Lipinski definition) is 4. The standard InChI is InChI=1S/C19H31N3O2S/c1-5-24-17-8-6-16(7-9-17)14-22(3)18(20-2)21-15-19(25-4)10-12-23-13-11-19/h6-9H,5,10-15H2,1-4H3,(H,20,21). The summed E-state index contributed by atoms with van der Waals surface area (Å²) in [6.45, 7) is 6.11. The molecule has 140 valence electrons. The lowest BCUT2D eigenvalue weighted by Crippen LogP contribution is -2.48. The summed E-state index contributed by atoms with van der Waals surface area (Å²) in [6.07, 6.45) is 4.36. The van der Waals surface area contributed by atoms with Gasteiger partial charge in [-0.15, -0.1) is 0 Å². The predicted molar refractivity (Wildman–Crippen MR) is 107 cm³/mol. The van der Waals surface area contributed by atoms with Gasteiger partial charge in [-0.25, -0.2) is 0 Å². The Morgan fingerprint density at radius 2 is 2.00 bits per heavy atom. The molecule has 1 fully saturated rings. The first-order chi connectivity index (χ1) is 12.1. The fourth-order valence-corrected chi connectivity index (χ4v) is 3.82. The van der Waals surface area contributed by atoms with Crippen molar-refractivity contribution in [2.24, 2.45) is 4.99 Å². The number of nitrogens with one attached hydrogen (secondary N) is 1. The molecule has 0 radical (unpaired) electrons. The maximum Gasteiger partial charge on any atom is 0.193 e. The lowest BCUT2D eigenvalue weighted by atomic mass is 9.99. The molecule has 0 bridgehead atoms. The first-order valence-corrected chi connectivity index (χ1v) is 10.1. The van der Waals surface area contributed by atoms with Crippen molar-refractivity contribution in [3.63, 3.8) is 0 Å². The molecule has 1 aliphatic heterocycles. The molecule has 1 aromatic carbocycles. The average Bonchev–Trinajstić information content (AvgIpc) is 2.65. The third-order valence-electron chi connectivity index (χ3n) is 4.63. The number of hydrogen-bond donors (Lipinski definition) is 1. The average molecular weight is 366 g/mol. The summed E-state index contributed by atoms with van der Waals surface area (Å²) in [5, 5.41) is 3.56. The lowest BCUT2D eigenvalue weighted by molar-refractivity contribution is 0.0781. The Morgan fingerprint density at radius 1 is 1.32 bits per heavy atom. The van der Waals surface area contributed by atoms with Gasteiger partial charge in [0.05, 0.1) is 6.61 Å². The van der Waals surface area contributed by atoms with E-state index in [1.807, 2.05) is 37.9 Å². The fraction of sp³-hybridized carbons (Fsp3) is 0.632. The maximum atomic E-state index is 5.52. The molecular weight excluding hydrogens is 334 g/mol. The number of nitrogens with zero attached hydrogens (tertiary/aromatic N) is 2. The highest BCUT2D eigenvalue weighted by Gasteiger charge is 2.32. The van der Waals surface area contributed by atoms with Crippen molar-refractivity contribution in [2.75, 3.05) is 46.7 Å². The summed E-state index contributed by atoms with van der Waals surface area (Å²) in [7, 11) is 3.91. The second-order valence-corrected chi connectivity index (χ2v) is 7.61. The third kappa shape index (κ3) is 5.82. The molecule has 5 nitrogen and oxygen atoms in total. The summed E-state index contributed by atoms with van der Waals surface area (Å²) in [4.78, 5) is 6.60. The van der Waals surface area contributed by atoms with Gasteiger partial charge in [-0.3, -0.25) is 4.99 Å². The highest BCUT2D eigenvalue weighted by Crippen LogP contribution is 2.33. The first kappa shape index (κ1) is 19.9. The molecule has 1 aliphatic rings. The van der Waals surface area contributed by atoms with Gasteiger partial charge in [0.1, 0.15) is 5.75 Å². The third-order valence-corrected chi connectivity index (χ3v) is 6.05. The van der Waals surface area contributed by atoms with Crippen LogP contribution < -0.4 is 10.1 Å². The van der Waals surface area contributed by atoms with E-state index in [1.165, 1.54) is 5.56 Å². The van der Waals surface area contributed by atoms with E-state index in [9.17, 15) is 0 Å². The van der Waals surface area contributed by atoms with Crippen LogP contribution in [0.4, 0.5) is 0 Å². The molecule has 0 amide bonds. The van der Waals surface area contributed by atoms with Crippen molar-refractivity contribution in [1.29, 1.82) is 0 Å². The van der Waals surface area contributed by atoms with Gasteiger partial charge in [0, 0.05) is 45.1 Å². The Balaban J connectivity index is 1.90. The van der Waals surface area contributed by atoms with Crippen LogP contribution in [0.5, 0.6) is 5.75 Å². The molecule has 0 aromatic heterocycles. The van der Waals surface area contributed by atoms with E-state index in [2.05, 4.69) is 40.6 Å². The Labute approximate surface area is 156 Å². The molecular formula is C19H31N3O2S. The minimum atomic E-state index is 0.244. The van der Waals surface area contributed by atoms with Gasteiger partial charge in [-0.05, 0) is 43.7 Å². The Morgan fingerprint density at radius 3 is 2.56 bits per heavy atom. The predicted octanol–water partition coefficient (Wildman–Crippen LogP) is 3.00. The molecule has 0 saturated carbocycles. The number of rotatable bonds is 7. The summed E-state index contributed by atoms with van der Waals surface area (Å²) in [5.41, 5.74) is 1.24. The van der Waals surface area contributed by atoms with Gasteiger partial charge in [-0.1, -0.05) is 12.1 Å². The first-order valence-electron chi connectivity index (χ1n) is 8.89. The SMILES string of the molecule is CCOc1ccc(CN(C)C(=NC)NCC2(SC)CCOCC2)cc1. The van der Waals surface area contributed by atoms with Gasteiger partial charge in [-0.2, -0.15) is 11.8 Å². The topological polar surface area (TPSA) is 46.1 Å². The van der Waals surface area contributed by atoms with E-state index in [4.69, 9.17) is 9.47 Å². The molecule has 0 aliphatic carbocycles. The molecule has 1 heterocycles. The molecule has 0 atom stereocenters. The van der Waals surface area contributed by atoms with Crippen molar-refractivity contribution in [2.45, 2.75) is 31.1 Å². The molecule has 0 spiro atoms. The number of aliphatic imine (C=N–C) groups is 1. The highest BCUT2D eigenvalue weighted by atomic mass is 32.2. The van der Waals surface area contributed by atoms with E-state index in [1.54, 1.807) is 0 Å². The molecule has 6 heteroatoms. The van der Waals surface area contributed by atoms with Gasteiger partial charge in [0.25, 0.3) is 0 Å². The van der Waals surface area contributed by atoms with Crippen molar-refractivity contribution >= 4 is 17.7 Å².